The van der Waals surface area contributed by atoms with Crippen LogP contribution in [0.2, 0.25) is 0 Å². The van der Waals surface area contributed by atoms with Crippen LogP contribution in [0, 0.1) is 5.41 Å². The van der Waals surface area contributed by atoms with Gasteiger partial charge in [-0.3, -0.25) is 0 Å². The monoisotopic (exact) mass is 274 g/mol. The van der Waals surface area contributed by atoms with Crippen LogP contribution in [0.4, 0.5) is 0 Å². The van der Waals surface area contributed by atoms with Gasteiger partial charge >= 0.3 is 0 Å². The van der Waals surface area contributed by atoms with Gasteiger partial charge in [-0.2, -0.15) is 0 Å². The first-order chi connectivity index (χ1) is 9.44. The number of hydrogen-bond acceptors (Lipinski definition) is 3. The number of likely N-dealkylation sites (tertiary alicyclic amines) is 1. The minimum absolute atomic E-state index is 0.270. The lowest BCUT2D eigenvalue weighted by molar-refractivity contribution is 0.221. The molecule has 0 bridgehead atoms. The molecule has 1 unspecified atom stereocenters. The number of ether oxygens (including phenoxy) is 1. The first-order valence-corrected chi connectivity index (χ1v) is 7.70. The molecule has 2 fully saturated rings. The number of nitrogens with two attached hydrogens (primary N) is 1. The molecule has 0 aromatic rings. The van der Waals surface area contributed by atoms with Gasteiger partial charge in [0.25, 0.3) is 0 Å². The zero-order valence-corrected chi connectivity index (χ0v) is 12.7. The van der Waals surface area contributed by atoms with Crippen LogP contribution in [-0.4, -0.2) is 23.6 Å². The van der Waals surface area contributed by atoms with Crippen LogP contribution >= 0.6 is 0 Å². The molecule has 3 rings (SSSR count). The van der Waals surface area contributed by atoms with E-state index in [1.54, 1.807) is 0 Å². The van der Waals surface area contributed by atoms with Gasteiger partial charge < -0.3 is 15.4 Å². The highest BCUT2D eigenvalue weighted by molar-refractivity contribution is 5.37. The smallest absolute Gasteiger partial charge is 0.129 e. The summed E-state index contributed by atoms with van der Waals surface area (Å²) in [6.45, 7) is 13.5. The Kier molecular flexibility index (Phi) is 3.20. The van der Waals surface area contributed by atoms with E-state index in [9.17, 15) is 0 Å². The molecule has 3 heteroatoms. The molecule has 20 heavy (non-hydrogen) atoms. The predicted molar refractivity (Wildman–Crippen MR) is 81.7 cm³/mol. The van der Waals surface area contributed by atoms with E-state index < -0.39 is 0 Å². The molecule has 1 spiro atoms. The second-order valence-corrected chi connectivity index (χ2v) is 6.77. The molecule has 2 N–H and O–H groups in total. The van der Waals surface area contributed by atoms with E-state index in [-0.39, 0.29) is 5.41 Å². The summed E-state index contributed by atoms with van der Waals surface area (Å²) in [6, 6.07) is 0.879. The molecule has 0 aromatic heterocycles. The van der Waals surface area contributed by atoms with Crippen LogP contribution in [0.1, 0.15) is 46.0 Å². The van der Waals surface area contributed by atoms with E-state index in [0.717, 1.165) is 18.6 Å². The Balaban J connectivity index is 1.88. The lowest BCUT2D eigenvalue weighted by Gasteiger charge is -2.38. The Morgan fingerprint density at radius 3 is 2.50 bits per heavy atom. The Hall–Kier alpha value is -1.22. The first-order valence-electron chi connectivity index (χ1n) is 7.70. The standard InChI is InChI=1S/C17H26N2O/c1-11-9-17(7-5-15(18)6-8-17)14(4)19(11)16-10-20-13(3)12(16)2/h11,15H,3-10,18H2,1-2H3. The topological polar surface area (TPSA) is 38.5 Å². The zero-order valence-electron chi connectivity index (χ0n) is 12.7. The van der Waals surface area contributed by atoms with E-state index in [1.807, 2.05) is 0 Å². The molecule has 1 saturated carbocycles. The number of rotatable bonds is 1. The second-order valence-electron chi connectivity index (χ2n) is 6.77. The van der Waals surface area contributed by atoms with Crippen molar-refractivity contribution >= 4 is 0 Å². The first kappa shape index (κ1) is 13.7. The third-order valence-corrected chi connectivity index (χ3v) is 5.54. The summed E-state index contributed by atoms with van der Waals surface area (Å²) in [6.07, 6.45) is 5.81. The molecule has 1 saturated heterocycles. The maximum Gasteiger partial charge on any atom is 0.129 e. The fourth-order valence-electron chi connectivity index (χ4n) is 4.19. The van der Waals surface area contributed by atoms with E-state index in [2.05, 4.69) is 31.9 Å². The Bertz CT molecular complexity index is 483. The van der Waals surface area contributed by atoms with Crippen molar-refractivity contribution in [1.29, 1.82) is 0 Å². The Labute approximate surface area is 122 Å². The number of allylic oxidation sites excluding steroid dienone is 2. The molecule has 1 atom stereocenters. The summed E-state index contributed by atoms with van der Waals surface area (Å²) >= 11 is 0. The summed E-state index contributed by atoms with van der Waals surface area (Å²) in [4.78, 5) is 2.42. The van der Waals surface area contributed by atoms with Crippen LogP contribution < -0.4 is 5.73 Å². The molecule has 3 aliphatic rings. The van der Waals surface area contributed by atoms with Crippen LogP contribution in [0.15, 0.2) is 35.9 Å². The third kappa shape index (κ3) is 1.91. The highest BCUT2D eigenvalue weighted by atomic mass is 16.5. The van der Waals surface area contributed by atoms with E-state index in [4.69, 9.17) is 10.5 Å². The summed E-state index contributed by atoms with van der Waals surface area (Å²) in [5.41, 5.74) is 10.1. The van der Waals surface area contributed by atoms with Crippen molar-refractivity contribution in [2.24, 2.45) is 11.1 Å². The van der Waals surface area contributed by atoms with Crippen molar-refractivity contribution in [1.82, 2.24) is 4.90 Å². The van der Waals surface area contributed by atoms with E-state index >= 15 is 0 Å². The summed E-state index contributed by atoms with van der Waals surface area (Å²) in [7, 11) is 0. The number of nitrogens with zero attached hydrogens (tertiary/aromatic N) is 1. The Morgan fingerprint density at radius 2 is 1.95 bits per heavy atom. The van der Waals surface area contributed by atoms with Gasteiger partial charge in [0.05, 0.1) is 5.70 Å². The van der Waals surface area contributed by atoms with Gasteiger partial charge in [-0.15, -0.1) is 0 Å². The average Bonchev–Trinajstić information content (AvgIpc) is 2.85. The molecular weight excluding hydrogens is 248 g/mol. The molecule has 0 radical (unpaired) electrons. The largest absolute Gasteiger partial charge is 0.488 e. The molecule has 3 nitrogen and oxygen atoms in total. The minimum atomic E-state index is 0.270. The third-order valence-electron chi connectivity index (χ3n) is 5.54. The van der Waals surface area contributed by atoms with E-state index in [0.29, 0.717) is 18.7 Å². The van der Waals surface area contributed by atoms with Crippen molar-refractivity contribution in [3.63, 3.8) is 0 Å². The van der Waals surface area contributed by atoms with Crippen LogP contribution in [-0.2, 0) is 4.74 Å². The highest BCUT2D eigenvalue weighted by Crippen LogP contribution is 2.54. The van der Waals surface area contributed by atoms with Gasteiger partial charge in [-0.1, -0.05) is 13.2 Å². The van der Waals surface area contributed by atoms with Crippen LogP contribution in [0.5, 0.6) is 0 Å². The van der Waals surface area contributed by atoms with Crippen molar-refractivity contribution < 1.29 is 4.74 Å². The van der Waals surface area contributed by atoms with Crippen molar-refractivity contribution in [2.75, 3.05) is 6.61 Å². The quantitative estimate of drug-likeness (QED) is 0.797. The second kappa shape index (κ2) is 4.66. The lowest BCUT2D eigenvalue weighted by Crippen LogP contribution is -2.34. The molecular formula is C17H26N2O. The van der Waals surface area contributed by atoms with Gasteiger partial charge in [-0.25, -0.2) is 0 Å². The van der Waals surface area contributed by atoms with Crippen LogP contribution in [0.3, 0.4) is 0 Å². The SMILES string of the molecule is C=C1OCC(N2C(=C)C3(CCC(N)CC3)CC2C)=C1C. The maximum absolute atomic E-state index is 6.08. The fourth-order valence-corrected chi connectivity index (χ4v) is 4.19. The molecule has 2 heterocycles. The summed E-state index contributed by atoms with van der Waals surface area (Å²) in [5, 5.41) is 0. The molecule has 1 aliphatic carbocycles. The molecule has 0 aromatic carbocycles. The fraction of sp³-hybridized carbons (Fsp3) is 0.647. The van der Waals surface area contributed by atoms with E-state index in [1.165, 1.54) is 36.2 Å². The van der Waals surface area contributed by atoms with Gasteiger partial charge in [0, 0.05) is 28.8 Å². The maximum atomic E-state index is 6.08. The van der Waals surface area contributed by atoms with Crippen LogP contribution in [0.25, 0.3) is 0 Å². The Morgan fingerprint density at radius 1 is 1.30 bits per heavy atom. The van der Waals surface area contributed by atoms with Crippen molar-refractivity contribution in [3.8, 4) is 0 Å². The average molecular weight is 274 g/mol. The van der Waals surface area contributed by atoms with Gasteiger partial charge in [0.1, 0.15) is 12.4 Å². The molecule has 2 aliphatic heterocycles. The minimum Gasteiger partial charge on any atom is -0.488 e. The zero-order chi connectivity index (χ0) is 14.5. The molecule has 0 amide bonds. The molecule has 110 valence electrons. The summed E-state index contributed by atoms with van der Waals surface area (Å²) < 4.78 is 5.61. The van der Waals surface area contributed by atoms with Gasteiger partial charge in [0.2, 0.25) is 0 Å². The normalized spacial score (nSPS) is 38.0. The summed E-state index contributed by atoms with van der Waals surface area (Å²) in [5.74, 6) is 0.812. The van der Waals surface area contributed by atoms with Gasteiger partial charge in [0.15, 0.2) is 0 Å². The highest BCUT2D eigenvalue weighted by Gasteiger charge is 2.48. The van der Waals surface area contributed by atoms with Gasteiger partial charge in [-0.05, 0) is 46.0 Å². The number of hydrogen-bond donors (Lipinski definition) is 1. The lowest BCUT2D eigenvalue weighted by atomic mass is 9.70. The predicted octanol–water partition coefficient (Wildman–Crippen LogP) is 3.30. The van der Waals surface area contributed by atoms with Crippen molar-refractivity contribution in [2.45, 2.75) is 58.0 Å². The van der Waals surface area contributed by atoms with Crippen molar-refractivity contribution in [3.05, 3.63) is 35.9 Å².